The van der Waals surface area contributed by atoms with Crippen molar-refractivity contribution in [1.82, 2.24) is 31.9 Å². The minimum absolute atomic E-state index is 0.00173. The summed E-state index contributed by atoms with van der Waals surface area (Å²) in [5.41, 5.74) is 0.477. The minimum atomic E-state index is -1.25. The number of carbonyl (C=O) groups is 14. The smallest absolute Gasteiger partial charge is 0.335 e. The number of ether oxygens (including phenoxy) is 10. The first-order chi connectivity index (χ1) is 59.3. The highest BCUT2D eigenvalue weighted by molar-refractivity contribution is 5.89. The van der Waals surface area contributed by atoms with Crippen LogP contribution in [-0.2, 0) is 95.4 Å². The highest BCUT2D eigenvalue weighted by Crippen LogP contribution is 2.19. The SMILES string of the molecule is CCC[C@@H](CCCCNC(=O)CC[C@H](NC(=O)COCCOCCNC(=O)COCCOCCCC(=O)CCCCCCCCCOc1ccc(C(=O)O)cc1)C(=O)O)C(C)=O.CN[C@@H](CCCCNC(=O)CC[C@H](CC(=O)COCCOCCCC(=O)COCCOCCNC(=O)CCCCCCCCCOc1ccc(C(=O)O)cc1)C(=O)O)C(C)=O. The number of carboxylic acids is 4. The lowest BCUT2D eigenvalue weighted by Gasteiger charge is -2.15. The molecule has 0 spiro atoms. The van der Waals surface area contributed by atoms with E-state index in [4.69, 9.17) is 57.6 Å². The Kier molecular flexibility index (Phi) is 70.2. The predicted molar refractivity (Wildman–Crippen MR) is 458 cm³/mol. The Balaban J connectivity index is 0.00000123. The number of hydrogen-bond acceptors (Lipinski definition) is 25. The molecule has 2 rings (SSSR count). The molecule has 2 aromatic rings. The van der Waals surface area contributed by atoms with Crippen LogP contribution in [0.3, 0.4) is 0 Å². The predicted octanol–water partition coefficient (Wildman–Crippen LogP) is 9.38. The number of ketones is 5. The Morgan fingerprint density at radius 2 is 0.707 bits per heavy atom. The molecule has 2 aromatic carbocycles. The number of benzene rings is 2. The van der Waals surface area contributed by atoms with Gasteiger partial charge < -0.3 is 99.7 Å². The van der Waals surface area contributed by atoms with Gasteiger partial charge in [-0.2, -0.15) is 0 Å². The number of hydrogen-bond donors (Lipinski definition) is 10. The molecule has 0 aromatic heterocycles. The third-order valence-electron chi connectivity index (χ3n) is 19.4. The van der Waals surface area contributed by atoms with E-state index in [9.17, 15) is 77.3 Å². The number of carboxylic acid groups (broad SMARTS) is 4. The van der Waals surface area contributed by atoms with Gasteiger partial charge in [-0.25, -0.2) is 14.4 Å². The van der Waals surface area contributed by atoms with Gasteiger partial charge in [-0.1, -0.05) is 84.0 Å². The molecule has 0 aliphatic rings. The summed E-state index contributed by atoms with van der Waals surface area (Å²) in [6, 6.07) is 11.4. The summed E-state index contributed by atoms with van der Waals surface area (Å²) in [7, 11) is 1.73. The van der Waals surface area contributed by atoms with Crippen molar-refractivity contribution < 1.29 is 135 Å². The van der Waals surface area contributed by atoms with E-state index in [0.717, 1.165) is 128 Å². The van der Waals surface area contributed by atoms with E-state index in [1.165, 1.54) is 31.2 Å². The van der Waals surface area contributed by atoms with Crippen LogP contribution in [0.2, 0.25) is 0 Å². The molecule has 0 heterocycles. The van der Waals surface area contributed by atoms with Crippen LogP contribution in [0, 0.1) is 11.8 Å². The fourth-order valence-electron chi connectivity index (χ4n) is 12.3. The van der Waals surface area contributed by atoms with Gasteiger partial charge in [0.25, 0.3) is 0 Å². The van der Waals surface area contributed by atoms with E-state index in [0.29, 0.717) is 122 Å². The minimum Gasteiger partial charge on any atom is -0.494 e. The highest BCUT2D eigenvalue weighted by atomic mass is 16.5. The molecule has 0 aliphatic heterocycles. The Morgan fingerprint density at radius 1 is 0.309 bits per heavy atom. The maximum Gasteiger partial charge on any atom is 0.335 e. The maximum atomic E-state index is 12.3. The van der Waals surface area contributed by atoms with E-state index in [2.05, 4.69) is 31.9 Å². The molecule has 4 atom stereocenters. The number of amides is 5. The molecule has 34 nitrogen and oxygen atoms in total. The van der Waals surface area contributed by atoms with Crippen molar-refractivity contribution in [3.63, 3.8) is 0 Å². The van der Waals surface area contributed by atoms with Crippen molar-refractivity contribution in [2.45, 2.75) is 245 Å². The molecule has 0 saturated carbocycles. The van der Waals surface area contributed by atoms with Crippen molar-refractivity contribution in [2.24, 2.45) is 11.8 Å². The van der Waals surface area contributed by atoms with Gasteiger partial charge in [-0.05, 0) is 159 Å². The maximum absolute atomic E-state index is 12.3. The van der Waals surface area contributed by atoms with Crippen LogP contribution in [0.5, 0.6) is 11.5 Å². The zero-order valence-electron chi connectivity index (χ0n) is 73.4. The van der Waals surface area contributed by atoms with Crippen LogP contribution < -0.4 is 41.4 Å². The zero-order chi connectivity index (χ0) is 90.6. The van der Waals surface area contributed by atoms with Crippen LogP contribution in [0.25, 0.3) is 0 Å². The van der Waals surface area contributed by atoms with Gasteiger partial charge in [-0.15, -0.1) is 0 Å². The molecule has 5 amide bonds. The molecule has 0 bridgehead atoms. The van der Waals surface area contributed by atoms with Gasteiger partial charge in [-0.3, -0.25) is 52.7 Å². The average molecular weight is 1750 g/mol. The number of carbonyl (C=O) groups excluding carboxylic acids is 10. The van der Waals surface area contributed by atoms with Gasteiger partial charge in [0, 0.05) is 90.3 Å². The highest BCUT2D eigenvalue weighted by Gasteiger charge is 2.24. The van der Waals surface area contributed by atoms with Gasteiger partial charge in [0.15, 0.2) is 11.6 Å². The Hall–Kier alpha value is -8.74. The molecule has 698 valence electrons. The van der Waals surface area contributed by atoms with E-state index in [1.807, 2.05) is 6.92 Å². The molecule has 0 aliphatic carbocycles. The number of rotatable bonds is 84. The summed E-state index contributed by atoms with van der Waals surface area (Å²) in [5, 5.41) is 53.1. The van der Waals surface area contributed by atoms with Crippen LogP contribution in [-0.4, -0.2) is 267 Å². The van der Waals surface area contributed by atoms with E-state index >= 15 is 0 Å². The van der Waals surface area contributed by atoms with Gasteiger partial charge >= 0.3 is 23.9 Å². The molecule has 10 N–H and O–H groups in total. The van der Waals surface area contributed by atoms with Crippen molar-refractivity contribution in [2.75, 3.05) is 152 Å². The fourth-order valence-corrected chi connectivity index (χ4v) is 12.3. The molecule has 0 unspecified atom stereocenters. The second-order valence-electron chi connectivity index (χ2n) is 30.0. The second kappa shape index (κ2) is 76.9. The number of Topliss-reactive ketones (excluding diaryl/α,β-unsaturated/α-hetero) is 5. The summed E-state index contributed by atoms with van der Waals surface area (Å²) in [4.78, 5) is 165. The summed E-state index contributed by atoms with van der Waals surface area (Å²) in [5.74, 6) is -5.41. The topological polar surface area (TPSA) is 484 Å². The molecule has 34 heteroatoms. The molecular weight excluding hydrogens is 1600 g/mol. The summed E-state index contributed by atoms with van der Waals surface area (Å²) in [6.45, 7) is 10.1. The van der Waals surface area contributed by atoms with Crippen molar-refractivity contribution in [3.05, 3.63) is 59.7 Å². The fraction of sp³-hybridized carbons (Fsp3) is 0.708. The molecular formula is C89H144N6O28. The molecule has 0 saturated heterocycles. The van der Waals surface area contributed by atoms with E-state index in [1.54, 1.807) is 38.2 Å². The van der Waals surface area contributed by atoms with Crippen LogP contribution in [0.15, 0.2) is 48.5 Å². The van der Waals surface area contributed by atoms with Crippen LogP contribution in [0.1, 0.15) is 253 Å². The Bertz CT molecular complexity index is 3250. The first kappa shape index (κ1) is 112. The van der Waals surface area contributed by atoms with Crippen LogP contribution in [0.4, 0.5) is 0 Å². The van der Waals surface area contributed by atoms with Crippen molar-refractivity contribution >= 4 is 82.3 Å². The van der Waals surface area contributed by atoms with Gasteiger partial charge in [0.1, 0.15) is 61.3 Å². The lowest BCUT2D eigenvalue weighted by molar-refractivity contribution is -0.145. The Morgan fingerprint density at radius 3 is 1.17 bits per heavy atom. The third kappa shape index (κ3) is 67.4. The summed E-state index contributed by atoms with van der Waals surface area (Å²) in [6.07, 6.45) is 23.2. The lowest BCUT2D eigenvalue weighted by Crippen LogP contribution is -2.43. The number of unbranched alkanes of at least 4 members (excludes halogenated alkanes) is 14. The van der Waals surface area contributed by atoms with E-state index in [-0.39, 0.29) is 193 Å². The summed E-state index contributed by atoms with van der Waals surface area (Å²) < 4.78 is 54.3. The standard InChI is InChI=1S/C45H73N3O14.C44H71N3O14/c1-3-14-36(35(2)49)15-10-11-24-46-41(51)23-22-40(45(56)57)48-43(53)34-61-32-30-59-28-25-47-42(52)33-60-31-29-58-26-13-17-38(50)16-9-7-5-4-6-8-12-27-62-39-20-18-37(19-21-39)44(54)55;1-34(48)40(45-2)14-9-10-22-46-42(52)21-18-36(44(55)56)31-38(50)33-60-29-27-57-24-12-13-37(49)32-59-30-28-58-26-23-47-41(51)15-8-6-4-3-5-7-11-25-61-39-19-16-35(17-20-39)43(53)54/h18-21,36,40H,3-17,22-34H2,1-2H3,(H,46,51)(H,47,52)(H,48,53)(H,54,55)(H,56,57);16-17,19-20,36,40,45H,3-15,18,21-33H2,1-2H3,(H,46,52)(H,47,51)(H,53,54)(H,55,56)/t36-,40-;36-,40+/m01/s1. The van der Waals surface area contributed by atoms with Crippen LogP contribution >= 0.6 is 0 Å². The number of aromatic carboxylic acids is 2. The largest absolute Gasteiger partial charge is 0.494 e. The first-order valence-corrected chi connectivity index (χ1v) is 43.9. The lowest BCUT2D eigenvalue weighted by atomic mass is 9.93. The second-order valence-corrected chi connectivity index (χ2v) is 30.0. The van der Waals surface area contributed by atoms with Gasteiger partial charge in [0.05, 0.1) is 102 Å². The monoisotopic (exact) mass is 1750 g/mol. The molecule has 0 fully saturated rings. The average Bonchev–Trinajstić information content (AvgIpc) is 0.902. The van der Waals surface area contributed by atoms with Gasteiger partial charge in [0.2, 0.25) is 29.5 Å². The van der Waals surface area contributed by atoms with Crippen molar-refractivity contribution in [3.8, 4) is 11.5 Å². The van der Waals surface area contributed by atoms with Crippen molar-refractivity contribution in [1.29, 1.82) is 0 Å². The first-order valence-electron chi connectivity index (χ1n) is 43.9. The molecule has 123 heavy (non-hydrogen) atoms. The number of aliphatic carboxylic acids is 2. The number of likely N-dealkylation sites (N-methyl/N-ethyl adjacent to an activating group) is 1. The number of nitrogens with one attached hydrogen (secondary N) is 6. The normalized spacial score (nSPS) is 12.0. The zero-order valence-corrected chi connectivity index (χ0v) is 73.4. The quantitative estimate of drug-likeness (QED) is 0.0275. The Labute approximate surface area is 725 Å². The molecule has 0 radical (unpaired) electrons. The summed E-state index contributed by atoms with van der Waals surface area (Å²) >= 11 is 0. The third-order valence-corrected chi connectivity index (χ3v) is 19.4. The van der Waals surface area contributed by atoms with E-state index < -0.39 is 41.7 Å².